The summed E-state index contributed by atoms with van der Waals surface area (Å²) in [6.07, 6.45) is 1.24. The van der Waals surface area contributed by atoms with Crippen LogP contribution in [0.25, 0.3) is 11.4 Å². The first-order valence-corrected chi connectivity index (χ1v) is 5.51. The number of carbonyl (C=O) groups is 1. The van der Waals surface area contributed by atoms with Gasteiger partial charge >= 0.3 is 5.97 Å². The fourth-order valence-electron chi connectivity index (χ4n) is 1.60. The van der Waals surface area contributed by atoms with Crippen molar-refractivity contribution in [1.29, 1.82) is 0 Å². The van der Waals surface area contributed by atoms with Gasteiger partial charge in [0.2, 0.25) is 5.88 Å². The third kappa shape index (κ3) is 2.98. The Balaban J connectivity index is 2.38. The third-order valence-electron chi connectivity index (χ3n) is 2.49. The van der Waals surface area contributed by atoms with Gasteiger partial charge in [-0.1, -0.05) is 0 Å². The Labute approximate surface area is 109 Å². The molecule has 2 aromatic rings. The van der Waals surface area contributed by atoms with Crippen LogP contribution in [0.5, 0.6) is 11.6 Å². The van der Waals surface area contributed by atoms with E-state index in [1.54, 1.807) is 12.1 Å². The predicted octanol–water partition coefficient (Wildman–Crippen LogP) is 1.48. The molecule has 6 nitrogen and oxygen atoms in total. The average molecular weight is 260 g/mol. The van der Waals surface area contributed by atoms with Crippen LogP contribution in [0.3, 0.4) is 0 Å². The van der Waals surface area contributed by atoms with Gasteiger partial charge < -0.3 is 14.9 Å². The molecular formula is C13H12N2O4. The van der Waals surface area contributed by atoms with E-state index in [0.717, 1.165) is 0 Å². The Bertz CT molecular complexity index is 596. The molecule has 1 aromatic carbocycles. The van der Waals surface area contributed by atoms with E-state index in [-0.39, 0.29) is 18.1 Å². The van der Waals surface area contributed by atoms with Crippen molar-refractivity contribution in [3.05, 3.63) is 36.0 Å². The molecule has 0 saturated heterocycles. The number of nitrogens with zero attached hydrogens (tertiary/aromatic N) is 2. The number of aliphatic carboxylic acids is 1. The molecule has 6 heteroatoms. The number of methoxy groups -OCH3 is 1. The van der Waals surface area contributed by atoms with Crippen molar-refractivity contribution in [3.8, 4) is 23.0 Å². The Morgan fingerprint density at radius 2 is 2.00 bits per heavy atom. The van der Waals surface area contributed by atoms with E-state index in [1.807, 2.05) is 0 Å². The van der Waals surface area contributed by atoms with Gasteiger partial charge in [0.15, 0.2) is 5.82 Å². The van der Waals surface area contributed by atoms with E-state index < -0.39 is 5.97 Å². The topological polar surface area (TPSA) is 92.5 Å². The number of carboxylic acids is 1. The summed E-state index contributed by atoms with van der Waals surface area (Å²) >= 11 is 0. The Kier molecular flexibility index (Phi) is 3.61. The number of benzene rings is 1. The van der Waals surface area contributed by atoms with E-state index in [9.17, 15) is 9.90 Å². The van der Waals surface area contributed by atoms with Crippen LogP contribution in [0.15, 0.2) is 30.5 Å². The summed E-state index contributed by atoms with van der Waals surface area (Å²) in [5.74, 6) is -0.177. The van der Waals surface area contributed by atoms with Crippen LogP contribution < -0.4 is 4.74 Å². The lowest BCUT2D eigenvalue weighted by Gasteiger charge is -2.07. The third-order valence-corrected chi connectivity index (χ3v) is 2.49. The summed E-state index contributed by atoms with van der Waals surface area (Å²) in [5.41, 5.74) is 1.12. The quantitative estimate of drug-likeness (QED) is 0.865. The van der Waals surface area contributed by atoms with Crippen molar-refractivity contribution >= 4 is 5.97 Å². The van der Waals surface area contributed by atoms with E-state index in [1.165, 1.54) is 25.4 Å². The molecule has 0 unspecified atom stereocenters. The molecule has 2 rings (SSSR count). The maximum atomic E-state index is 10.7. The van der Waals surface area contributed by atoms with Gasteiger partial charge in [-0.25, -0.2) is 4.98 Å². The molecule has 2 N–H and O–H groups in total. The number of aromatic nitrogens is 2. The van der Waals surface area contributed by atoms with Crippen LogP contribution in [0.1, 0.15) is 5.56 Å². The first kappa shape index (κ1) is 12.8. The van der Waals surface area contributed by atoms with Crippen LogP contribution >= 0.6 is 0 Å². The molecule has 0 aliphatic rings. The molecule has 0 bridgehead atoms. The molecule has 0 fully saturated rings. The first-order valence-electron chi connectivity index (χ1n) is 5.51. The maximum Gasteiger partial charge on any atom is 0.308 e. The van der Waals surface area contributed by atoms with E-state index in [4.69, 9.17) is 9.84 Å². The van der Waals surface area contributed by atoms with Gasteiger partial charge in [0.1, 0.15) is 5.75 Å². The monoisotopic (exact) mass is 260 g/mol. The fourth-order valence-corrected chi connectivity index (χ4v) is 1.60. The van der Waals surface area contributed by atoms with Crippen LogP contribution in [0, 0.1) is 0 Å². The minimum atomic E-state index is -0.973. The van der Waals surface area contributed by atoms with Crippen molar-refractivity contribution in [2.75, 3.05) is 7.11 Å². The Morgan fingerprint density at radius 1 is 1.32 bits per heavy atom. The SMILES string of the molecule is COc1nc(-c2ccc(O)cc2)ncc1CC(=O)O. The number of hydrogen-bond donors (Lipinski definition) is 2. The zero-order chi connectivity index (χ0) is 13.8. The molecule has 19 heavy (non-hydrogen) atoms. The van der Waals surface area contributed by atoms with E-state index >= 15 is 0 Å². The number of carboxylic acid groups (broad SMARTS) is 1. The van der Waals surface area contributed by atoms with Gasteiger partial charge in [0, 0.05) is 17.3 Å². The summed E-state index contributed by atoms with van der Waals surface area (Å²) in [7, 11) is 1.42. The van der Waals surface area contributed by atoms with Crippen LogP contribution in [-0.4, -0.2) is 33.3 Å². The minimum Gasteiger partial charge on any atom is -0.508 e. The van der Waals surface area contributed by atoms with Crippen molar-refractivity contribution in [2.24, 2.45) is 0 Å². The van der Waals surface area contributed by atoms with Gasteiger partial charge in [-0.05, 0) is 24.3 Å². The second-order valence-electron chi connectivity index (χ2n) is 3.85. The predicted molar refractivity (Wildman–Crippen MR) is 67.0 cm³/mol. The van der Waals surface area contributed by atoms with Gasteiger partial charge in [-0.15, -0.1) is 0 Å². The number of ether oxygens (including phenoxy) is 1. The minimum absolute atomic E-state index is 0.151. The molecule has 0 spiro atoms. The number of rotatable bonds is 4. The lowest BCUT2D eigenvalue weighted by atomic mass is 10.2. The summed E-state index contributed by atoms with van der Waals surface area (Å²) in [6, 6.07) is 6.38. The zero-order valence-electron chi connectivity index (χ0n) is 10.2. The van der Waals surface area contributed by atoms with Crippen LogP contribution in [-0.2, 0) is 11.2 Å². The zero-order valence-corrected chi connectivity index (χ0v) is 10.2. The highest BCUT2D eigenvalue weighted by Gasteiger charge is 2.12. The number of hydrogen-bond acceptors (Lipinski definition) is 5. The Hall–Kier alpha value is -2.63. The van der Waals surface area contributed by atoms with E-state index in [0.29, 0.717) is 17.0 Å². The van der Waals surface area contributed by atoms with Gasteiger partial charge in [0.25, 0.3) is 0 Å². The molecule has 0 aliphatic heterocycles. The normalized spacial score (nSPS) is 10.2. The highest BCUT2D eigenvalue weighted by Crippen LogP contribution is 2.22. The molecule has 98 valence electrons. The van der Waals surface area contributed by atoms with Crippen molar-refractivity contribution in [2.45, 2.75) is 6.42 Å². The smallest absolute Gasteiger partial charge is 0.308 e. The molecule has 0 aliphatic carbocycles. The molecule has 0 radical (unpaired) electrons. The highest BCUT2D eigenvalue weighted by atomic mass is 16.5. The second-order valence-corrected chi connectivity index (χ2v) is 3.85. The van der Waals surface area contributed by atoms with Crippen LogP contribution in [0.4, 0.5) is 0 Å². The molecule has 0 atom stereocenters. The number of phenolic OH excluding ortho intramolecular Hbond substituents is 1. The van der Waals surface area contributed by atoms with Crippen molar-refractivity contribution in [1.82, 2.24) is 9.97 Å². The standard InChI is InChI=1S/C13H12N2O4/c1-19-13-9(6-11(17)18)7-14-12(15-13)8-2-4-10(16)5-3-8/h2-5,7,16H,6H2,1H3,(H,17,18). The first-order chi connectivity index (χ1) is 9.10. The van der Waals surface area contributed by atoms with Gasteiger partial charge in [0.05, 0.1) is 13.5 Å². The summed E-state index contributed by atoms with van der Waals surface area (Å²) in [6.45, 7) is 0. The summed E-state index contributed by atoms with van der Waals surface area (Å²) in [5, 5.41) is 18.0. The maximum absolute atomic E-state index is 10.7. The van der Waals surface area contributed by atoms with Crippen molar-refractivity contribution in [3.63, 3.8) is 0 Å². The molecular weight excluding hydrogens is 248 g/mol. The number of aromatic hydroxyl groups is 1. The molecule has 0 amide bonds. The fraction of sp³-hybridized carbons (Fsp3) is 0.154. The summed E-state index contributed by atoms with van der Waals surface area (Å²) in [4.78, 5) is 19.0. The highest BCUT2D eigenvalue weighted by molar-refractivity contribution is 5.71. The molecule has 1 aromatic heterocycles. The lowest BCUT2D eigenvalue weighted by Crippen LogP contribution is -2.05. The summed E-state index contributed by atoms with van der Waals surface area (Å²) < 4.78 is 5.07. The lowest BCUT2D eigenvalue weighted by molar-refractivity contribution is -0.136. The van der Waals surface area contributed by atoms with Gasteiger partial charge in [-0.3, -0.25) is 4.79 Å². The molecule has 1 heterocycles. The number of phenols is 1. The van der Waals surface area contributed by atoms with Crippen molar-refractivity contribution < 1.29 is 19.7 Å². The largest absolute Gasteiger partial charge is 0.508 e. The van der Waals surface area contributed by atoms with E-state index in [2.05, 4.69) is 9.97 Å². The van der Waals surface area contributed by atoms with Crippen LogP contribution in [0.2, 0.25) is 0 Å². The van der Waals surface area contributed by atoms with Gasteiger partial charge in [-0.2, -0.15) is 4.98 Å². The molecule has 0 saturated carbocycles. The Morgan fingerprint density at radius 3 is 2.58 bits per heavy atom. The second kappa shape index (κ2) is 5.34. The average Bonchev–Trinajstić information content (AvgIpc) is 2.39.